The number of fused-ring (bicyclic) bond motifs is 1. The van der Waals surface area contributed by atoms with E-state index in [4.69, 9.17) is 5.11 Å². The minimum Gasteiger partial charge on any atom is -0.396 e. The molecule has 19 heavy (non-hydrogen) atoms. The first-order valence-electron chi connectivity index (χ1n) is 6.27. The van der Waals surface area contributed by atoms with Crippen LogP contribution in [0.3, 0.4) is 0 Å². The standard InChI is InChI=1S/C13H17N3O3/c17-7-1-2-12(18)14-6-5-9-3-4-10-11(8-9)16-13(19)15-10/h3-4,8,17H,1-2,5-7H2,(H,14,18)(H2,15,16,19). The molecule has 0 aliphatic heterocycles. The number of imidazole rings is 1. The molecule has 0 spiro atoms. The minimum absolute atomic E-state index is 0.0327. The fourth-order valence-corrected chi connectivity index (χ4v) is 1.91. The Kier molecular flexibility index (Phi) is 4.35. The molecule has 1 heterocycles. The van der Waals surface area contributed by atoms with Crippen LogP contribution in [0.1, 0.15) is 18.4 Å². The number of aromatic nitrogens is 2. The van der Waals surface area contributed by atoms with Crippen molar-refractivity contribution in [3.05, 3.63) is 34.2 Å². The summed E-state index contributed by atoms with van der Waals surface area (Å²) in [7, 11) is 0. The number of carbonyl (C=O) groups excluding carboxylic acids is 1. The second-order valence-corrected chi connectivity index (χ2v) is 4.39. The fourth-order valence-electron chi connectivity index (χ4n) is 1.91. The zero-order chi connectivity index (χ0) is 13.7. The number of rotatable bonds is 6. The highest BCUT2D eigenvalue weighted by Gasteiger charge is 2.02. The number of benzene rings is 1. The molecule has 0 fully saturated rings. The Balaban J connectivity index is 1.87. The van der Waals surface area contributed by atoms with Crippen molar-refractivity contribution >= 4 is 16.9 Å². The van der Waals surface area contributed by atoms with Gasteiger partial charge in [0, 0.05) is 19.6 Å². The van der Waals surface area contributed by atoms with Gasteiger partial charge in [0.2, 0.25) is 5.91 Å². The molecule has 0 saturated heterocycles. The molecule has 1 amide bonds. The molecule has 0 atom stereocenters. The molecule has 0 radical (unpaired) electrons. The van der Waals surface area contributed by atoms with Gasteiger partial charge in [-0.2, -0.15) is 0 Å². The van der Waals surface area contributed by atoms with Crippen molar-refractivity contribution in [2.45, 2.75) is 19.3 Å². The number of hydrogen-bond donors (Lipinski definition) is 4. The van der Waals surface area contributed by atoms with Gasteiger partial charge in [0.05, 0.1) is 11.0 Å². The lowest BCUT2D eigenvalue weighted by atomic mass is 10.1. The molecule has 0 aliphatic rings. The Morgan fingerprint density at radius 3 is 2.84 bits per heavy atom. The van der Waals surface area contributed by atoms with Crippen molar-refractivity contribution in [2.24, 2.45) is 0 Å². The molecule has 0 unspecified atom stereocenters. The van der Waals surface area contributed by atoms with E-state index in [9.17, 15) is 9.59 Å². The summed E-state index contributed by atoms with van der Waals surface area (Å²) < 4.78 is 0. The smallest absolute Gasteiger partial charge is 0.323 e. The topological polar surface area (TPSA) is 98.0 Å². The lowest BCUT2D eigenvalue weighted by Crippen LogP contribution is -2.25. The number of nitrogens with one attached hydrogen (secondary N) is 3. The number of carbonyl (C=O) groups is 1. The summed E-state index contributed by atoms with van der Waals surface area (Å²) in [5.41, 5.74) is 2.38. The Morgan fingerprint density at radius 2 is 2.05 bits per heavy atom. The van der Waals surface area contributed by atoms with Gasteiger partial charge >= 0.3 is 5.69 Å². The van der Waals surface area contributed by atoms with Gasteiger partial charge in [-0.05, 0) is 30.5 Å². The van der Waals surface area contributed by atoms with Crippen LogP contribution in [0, 0.1) is 0 Å². The highest BCUT2D eigenvalue weighted by molar-refractivity contribution is 5.76. The van der Waals surface area contributed by atoms with Gasteiger partial charge in [0.15, 0.2) is 0 Å². The largest absolute Gasteiger partial charge is 0.396 e. The van der Waals surface area contributed by atoms with Crippen molar-refractivity contribution in [3.8, 4) is 0 Å². The third kappa shape index (κ3) is 3.69. The van der Waals surface area contributed by atoms with Crippen LogP contribution in [0.15, 0.2) is 23.0 Å². The molecule has 6 heteroatoms. The fraction of sp³-hybridized carbons (Fsp3) is 0.385. The molecule has 6 nitrogen and oxygen atoms in total. The molecule has 0 aliphatic carbocycles. The summed E-state index contributed by atoms with van der Waals surface area (Å²) in [5.74, 6) is -0.0508. The molecule has 2 aromatic rings. The molecule has 4 N–H and O–H groups in total. The highest BCUT2D eigenvalue weighted by atomic mass is 16.3. The lowest BCUT2D eigenvalue weighted by Gasteiger charge is -2.04. The van der Waals surface area contributed by atoms with Crippen LogP contribution >= 0.6 is 0 Å². The Hall–Kier alpha value is -2.08. The maximum absolute atomic E-state index is 11.3. The number of hydrogen-bond acceptors (Lipinski definition) is 3. The summed E-state index contributed by atoms with van der Waals surface area (Å²) in [6.07, 6.45) is 1.54. The Labute approximate surface area is 109 Å². The highest BCUT2D eigenvalue weighted by Crippen LogP contribution is 2.10. The first kappa shape index (κ1) is 13.4. The van der Waals surface area contributed by atoms with Crippen LogP contribution in [0.4, 0.5) is 0 Å². The van der Waals surface area contributed by atoms with Crippen LogP contribution in [0.2, 0.25) is 0 Å². The van der Waals surface area contributed by atoms with E-state index in [1.165, 1.54) is 0 Å². The molecule has 1 aromatic heterocycles. The number of aliphatic hydroxyl groups is 1. The molecule has 1 aromatic carbocycles. The molecular formula is C13H17N3O3. The number of aromatic amines is 2. The van der Waals surface area contributed by atoms with Crippen molar-refractivity contribution < 1.29 is 9.90 Å². The van der Waals surface area contributed by atoms with E-state index in [1.54, 1.807) is 0 Å². The van der Waals surface area contributed by atoms with E-state index in [0.717, 1.165) is 16.6 Å². The maximum atomic E-state index is 11.3. The molecule has 102 valence electrons. The lowest BCUT2D eigenvalue weighted by molar-refractivity contribution is -0.121. The van der Waals surface area contributed by atoms with E-state index >= 15 is 0 Å². The Bertz CT molecular complexity index is 615. The predicted molar refractivity (Wildman–Crippen MR) is 72.0 cm³/mol. The van der Waals surface area contributed by atoms with Crippen molar-refractivity contribution in [1.82, 2.24) is 15.3 Å². The van der Waals surface area contributed by atoms with E-state index < -0.39 is 0 Å². The SMILES string of the molecule is O=C(CCCO)NCCc1ccc2[nH]c(=O)[nH]c2c1. The summed E-state index contributed by atoms with van der Waals surface area (Å²) >= 11 is 0. The van der Waals surface area contributed by atoms with Crippen molar-refractivity contribution in [3.63, 3.8) is 0 Å². The zero-order valence-corrected chi connectivity index (χ0v) is 10.5. The first-order valence-corrected chi connectivity index (χ1v) is 6.27. The minimum atomic E-state index is -0.218. The molecular weight excluding hydrogens is 246 g/mol. The molecule has 0 bridgehead atoms. The van der Waals surface area contributed by atoms with Crippen LogP contribution in [-0.4, -0.2) is 34.1 Å². The third-order valence-corrected chi connectivity index (χ3v) is 2.88. The van der Waals surface area contributed by atoms with Gasteiger partial charge in [-0.1, -0.05) is 6.07 Å². The first-order chi connectivity index (χ1) is 9.19. The van der Waals surface area contributed by atoms with Crippen molar-refractivity contribution in [2.75, 3.05) is 13.2 Å². The van der Waals surface area contributed by atoms with Crippen LogP contribution in [-0.2, 0) is 11.2 Å². The number of H-pyrrole nitrogens is 2. The van der Waals surface area contributed by atoms with Gasteiger partial charge in [-0.3, -0.25) is 4.79 Å². The van der Waals surface area contributed by atoms with E-state index in [0.29, 0.717) is 25.8 Å². The summed E-state index contributed by atoms with van der Waals surface area (Å²) in [4.78, 5) is 27.8. The van der Waals surface area contributed by atoms with Crippen LogP contribution in [0.25, 0.3) is 11.0 Å². The second-order valence-electron chi connectivity index (χ2n) is 4.39. The monoisotopic (exact) mass is 263 g/mol. The van der Waals surface area contributed by atoms with Gasteiger partial charge < -0.3 is 20.4 Å². The average molecular weight is 263 g/mol. The summed E-state index contributed by atoms with van der Waals surface area (Å²) in [6.45, 7) is 0.579. The Morgan fingerprint density at radius 1 is 1.26 bits per heavy atom. The quantitative estimate of drug-likeness (QED) is 0.603. The van der Waals surface area contributed by atoms with Gasteiger partial charge in [0.1, 0.15) is 0 Å². The number of aliphatic hydroxyl groups excluding tert-OH is 1. The molecule has 2 rings (SSSR count). The normalized spacial score (nSPS) is 10.8. The van der Waals surface area contributed by atoms with Gasteiger partial charge in [0.25, 0.3) is 0 Å². The predicted octanol–water partition coefficient (Wildman–Crippen LogP) is 0.287. The van der Waals surface area contributed by atoms with E-state index in [1.807, 2.05) is 18.2 Å². The third-order valence-electron chi connectivity index (χ3n) is 2.88. The van der Waals surface area contributed by atoms with E-state index in [-0.39, 0.29) is 18.2 Å². The summed E-state index contributed by atoms with van der Waals surface area (Å²) in [5, 5.41) is 11.4. The second kappa shape index (κ2) is 6.19. The van der Waals surface area contributed by atoms with Gasteiger partial charge in [-0.15, -0.1) is 0 Å². The maximum Gasteiger partial charge on any atom is 0.323 e. The van der Waals surface area contributed by atoms with Crippen LogP contribution < -0.4 is 11.0 Å². The molecule has 0 saturated carbocycles. The van der Waals surface area contributed by atoms with Gasteiger partial charge in [-0.25, -0.2) is 4.79 Å². The summed E-state index contributed by atoms with van der Waals surface area (Å²) in [6, 6.07) is 5.66. The van der Waals surface area contributed by atoms with Crippen molar-refractivity contribution in [1.29, 1.82) is 0 Å². The van der Waals surface area contributed by atoms with Crippen LogP contribution in [0.5, 0.6) is 0 Å². The van der Waals surface area contributed by atoms with E-state index in [2.05, 4.69) is 15.3 Å². The average Bonchev–Trinajstić information content (AvgIpc) is 2.75. The number of amides is 1. The zero-order valence-electron chi connectivity index (χ0n) is 10.5.